The van der Waals surface area contributed by atoms with E-state index in [1.165, 1.54) is 46.7 Å². The minimum Gasteiger partial charge on any atom is -0.436 e. The number of nitrogens with zero attached hydrogens (tertiary/aromatic N) is 5. The number of rotatable bonds is 11. The molecule has 0 aliphatic heterocycles. The summed E-state index contributed by atoms with van der Waals surface area (Å²) in [6, 6.07) is 2.77. The zero-order valence-electron chi connectivity index (χ0n) is 23.8. The Bertz CT molecular complexity index is 1580. The second kappa shape index (κ2) is 13.1. The number of fused-ring (bicyclic) bond motifs is 1. The van der Waals surface area contributed by atoms with Crippen LogP contribution in [-0.2, 0) is 27.3 Å². The van der Waals surface area contributed by atoms with Crippen molar-refractivity contribution in [3.05, 3.63) is 63.3 Å². The SMILES string of the molecule is CN(C)C(=O)/C=C/CC[C@H](OC(=O)N(C)C)C(=O)Nc1ccc(Cl)n(Cc2nc3c(F)cnc(CC4CC4)c3[nH]2)c1=O. The van der Waals surface area contributed by atoms with E-state index in [-0.39, 0.29) is 41.7 Å². The summed E-state index contributed by atoms with van der Waals surface area (Å²) in [4.78, 5) is 64.7. The van der Waals surface area contributed by atoms with Crippen LogP contribution in [0.5, 0.6) is 0 Å². The molecule has 12 nitrogen and oxygen atoms in total. The van der Waals surface area contributed by atoms with Crippen molar-refractivity contribution < 1.29 is 23.5 Å². The van der Waals surface area contributed by atoms with Crippen molar-refractivity contribution in [1.29, 1.82) is 0 Å². The molecular formula is C28H33ClFN7O5. The summed E-state index contributed by atoms with van der Waals surface area (Å²) in [5.41, 5.74) is 0.592. The number of pyridine rings is 2. The van der Waals surface area contributed by atoms with Gasteiger partial charge in [0.2, 0.25) is 5.91 Å². The zero-order chi connectivity index (χ0) is 30.6. The fraction of sp³-hybridized carbons (Fsp3) is 0.429. The van der Waals surface area contributed by atoms with Gasteiger partial charge in [-0.3, -0.25) is 23.9 Å². The summed E-state index contributed by atoms with van der Waals surface area (Å²) in [6.45, 7) is -0.123. The lowest BCUT2D eigenvalue weighted by Crippen LogP contribution is -2.37. The number of H-pyrrole nitrogens is 1. The molecule has 2 N–H and O–H groups in total. The van der Waals surface area contributed by atoms with Gasteiger partial charge in [0.15, 0.2) is 11.9 Å². The van der Waals surface area contributed by atoms with E-state index in [4.69, 9.17) is 16.3 Å². The molecule has 0 aromatic carbocycles. The third-order valence-electron chi connectivity index (χ3n) is 6.66. The normalized spacial score (nSPS) is 13.8. The lowest BCUT2D eigenvalue weighted by molar-refractivity contribution is -0.125. The highest BCUT2D eigenvalue weighted by Crippen LogP contribution is 2.34. The van der Waals surface area contributed by atoms with Gasteiger partial charge < -0.3 is 24.8 Å². The van der Waals surface area contributed by atoms with Crippen LogP contribution in [0.4, 0.5) is 14.9 Å². The molecule has 3 amide bonds. The van der Waals surface area contributed by atoms with Gasteiger partial charge >= 0.3 is 6.09 Å². The molecule has 224 valence electrons. The van der Waals surface area contributed by atoms with Crippen molar-refractivity contribution in [3.63, 3.8) is 0 Å². The number of imidazole rings is 1. The lowest BCUT2D eigenvalue weighted by Gasteiger charge is -2.20. The molecule has 0 saturated heterocycles. The van der Waals surface area contributed by atoms with Gasteiger partial charge in [0.25, 0.3) is 11.5 Å². The minimum absolute atomic E-state index is 0.0617. The highest BCUT2D eigenvalue weighted by Gasteiger charge is 2.26. The van der Waals surface area contributed by atoms with Crippen molar-refractivity contribution in [2.45, 2.75) is 44.8 Å². The third kappa shape index (κ3) is 7.52. The molecule has 3 aromatic heterocycles. The molecule has 1 aliphatic rings. The molecule has 14 heteroatoms. The number of amides is 3. The molecule has 3 aromatic rings. The molecule has 3 heterocycles. The van der Waals surface area contributed by atoms with E-state index in [0.717, 1.165) is 19.0 Å². The summed E-state index contributed by atoms with van der Waals surface area (Å²) in [6.07, 6.45) is 5.31. The molecule has 0 bridgehead atoms. The van der Waals surface area contributed by atoms with Gasteiger partial charge in [0.05, 0.1) is 24.0 Å². The van der Waals surface area contributed by atoms with Crippen LogP contribution in [0.2, 0.25) is 5.15 Å². The Morgan fingerprint density at radius 3 is 2.64 bits per heavy atom. The van der Waals surface area contributed by atoms with Gasteiger partial charge in [0, 0.05) is 28.2 Å². The molecule has 0 unspecified atom stereocenters. The van der Waals surface area contributed by atoms with Gasteiger partial charge in [-0.2, -0.15) is 0 Å². The number of hydrogen-bond acceptors (Lipinski definition) is 7. The van der Waals surface area contributed by atoms with Crippen LogP contribution in [0, 0.1) is 11.7 Å². The van der Waals surface area contributed by atoms with E-state index in [0.29, 0.717) is 29.4 Å². The lowest BCUT2D eigenvalue weighted by atomic mass is 10.1. The van der Waals surface area contributed by atoms with Crippen molar-refractivity contribution in [2.75, 3.05) is 33.5 Å². The Kier molecular flexibility index (Phi) is 9.61. The van der Waals surface area contributed by atoms with Gasteiger partial charge in [-0.1, -0.05) is 17.7 Å². The maximum absolute atomic E-state index is 14.5. The van der Waals surface area contributed by atoms with E-state index in [1.807, 2.05) is 0 Å². The highest BCUT2D eigenvalue weighted by atomic mass is 35.5. The zero-order valence-corrected chi connectivity index (χ0v) is 24.6. The monoisotopic (exact) mass is 601 g/mol. The van der Waals surface area contributed by atoms with E-state index in [2.05, 4.69) is 20.3 Å². The summed E-state index contributed by atoms with van der Waals surface area (Å²) in [7, 11) is 6.16. The Morgan fingerprint density at radius 1 is 1.24 bits per heavy atom. The fourth-order valence-electron chi connectivity index (χ4n) is 4.10. The number of carbonyl (C=O) groups is 3. The van der Waals surface area contributed by atoms with Gasteiger partial charge in [-0.05, 0) is 56.2 Å². The van der Waals surface area contributed by atoms with Crippen LogP contribution < -0.4 is 10.9 Å². The molecule has 4 rings (SSSR count). The Morgan fingerprint density at radius 2 is 1.98 bits per heavy atom. The number of ether oxygens (including phenoxy) is 1. The summed E-state index contributed by atoms with van der Waals surface area (Å²) in [5.74, 6) is -0.729. The molecule has 1 aliphatic carbocycles. The Labute approximate surface area is 246 Å². The summed E-state index contributed by atoms with van der Waals surface area (Å²) >= 11 is 6.33. The number of nitrogens with one attached hydrogen (secondary N) is 2. The number of hydrogen-bond donors (Lipinski definition) is 2. The predicted molar refractivity (Wildman–Crippen MR) is 155 cm³/mol. The fourth-order valence-corrected chi connectivity index (χ4v) is 4.30. The number of allylic oxidation sites excluding steroid dienone is 1. The van der Waals surface area contributed by atoms with Crippen molar-refractivity contribution in [3.8, 4) is 0 Å². The maximum Gasteiger partial charge on any atom is 0.410 e. The first-order valence-corrected chi connectivity index (χ1v) is 13.8. The largest absolute Gasteiger partial charge is 0.436 e. The second-order valence-electron chi connectivity index (χ2n) is 10.5. The first-order chi connectivity index (χ1) is 19.9. The standard InChI is InChI=1S/C28H33ClFN7O5/c1-35(2)23(38)8-6-5-7-20(42-28(41)36(3)4)26(39)32-18-11-12-21(29)37(27(18)40)15-22-33-24-17(30)14-31-19(25(24)34-22)13-16-9-10-16/h6,8,11-12,14,16,20H,5,7,9-10,13,15H2,1-4H3,(H,32,39)(H,33,34)/b8-6+/t20-/m0/s1. The van der Waals surface area contributed by atoms with E-state index in [9.17, 15) is 23.6 Å². The highest BCUT2D eigenvalue weighted by molar-refractivity contribution is 6.29. The number of likely N-dealkylation sites (N-methyl/N-ethyl adjacent to an activating group) is 1. The van der Waals surface area contributed by atoms with E-state index >= 15 is 0 Å². The van der Waals surface area contributed by atoms with Crippen molar-refractivity contribution in [2.24, 2.45) is 5.92 Å². The van der Waals surface area contributed by atoms with E-state index in [1.54, 1.807) is 20.2 Å². The van der Waals surface area contributed by atoms with Gasteiger partial charge in [-0.15, -0.1) is 0 Å². The van der Waals surface area contributed by atoms with Crippen LogP contribution in [0.25, 0.3) is 11.0 Å². The number of anilines is 1. The average molecular weight is 602 g/mol. The molecule has 1 fully saturated rings. The molecule has 1 atom stereocenters. The van der Waals surface area contributed by atoms with Crippen molar-refractivity contribution in [1.82, 2.24) is 29.3 Å². The maximum atomic E-state index is 14.5. The first-order valence-electron chi connectivity index (χ1n) is 13.4. The topological polar surface area (TPSA) is 143 Å². The molecule has 0 spiro atoms. The van der Waals surface area contributed by atoms with Crippen LogP contribution in [0.15, 0.2) is 35.3 Å². The van der Waals surface area contributed by atoms with Crippen molar-refractivity contribution >= 4 is 46.2 Å². The number of aromatic amines is 1. The summed E-state index contributed by atoms with van der Waals surface area (Å²) in [5, 5.41) is 2.59. The predicted octanol–water partition coefficient (Wildman–Crippen LogP) is 3.34. The Hall–Kier alpha value is -4.26. The minimum atomic E-state index is -1.25. The molecule has 1 saturated carbocycles. The summed E-state index contributed by atoms with van der Waals surface area (Å²) < 4.78 is 21.0. The quantitative estimate of drug-likeness (QED) is 0.253. The average Bonchev–Trinajstić information content (AvgIpc) is 3.66. The van der Waals surface area contributed by atoms with Gasteiger partial charge in [-0.25, -0.2) is 14.2 Å². The number of aromatic nitrogens is 4. The van der Waals surface area contributed by atoms with Crippen LogP contribution in [0.3, 0.4) is 0 Å². The molecule has 0 radical (unpaired) electrons. The molecule has 42 heavy (non-hydrogen) atoms. The molecular weight excluding hydrogens is 569 g/mol. The van der Waals surface area contributed by atoms with Gasteiger partial charge in [0.1, 0.15) is 22.2 Å². The Balaban J connectivity index is 1.53. The number of carbonyl (C=O) groups excluding carboxylic acids is 3. The van der Waals surface area contributed by atoms with Crippen LogP contribution in [-0.4, -0.2) is 81.5 Å². The second-order valence-corrected chi connectivity index (χ2v) is 10.9. The first kappa shape index (κ1) is 30.7. The van der Waals surface area contributed by atoms with Crippen LogP contribution in [0.1, 0.15) is 37.2 Å². The smallest absolute Gasteiger partial charge is 0.410 e. The van der Waals surface area contributed by atoms with E-state index < -0.39 is 29.5 Å². The van der Waals surface area contributed by atoms with Crippen LogP contribution >= 0.6 is 11.6 Å². The third-order valence-corrected chi connectivity index (χ3v) is 6.99. The number of halogens is 2.